The number of amides is 1. The summed E-state index contributed by atoms with van der Waals surface area (Å²) in [5.74, 6) is 0.602. The molecule has 1 heterocycles. The smallest absolute Gasteiger partial charge is 0.408 e. The fourth-order valence-electron chi connectivity index (χ4n) is 1.96. The molecule has 2 aliphatic rings. The summed E-state index contributed by atoms with van der Waals surface area (Å²) in [6.07, 6.45) is 1.92. The van der Waals surface area contributed by atoms with Crippen molar-refractivity contribution in [2.24, 2.45) is 5.92 Å². The third kappa shape index (κ3) is 3.01. The molecule has 0 aromatic rings. The number of carbonyl (C=O) groups excluding carboxylic acids is 1. The van der Waals surface area contributed by atoms with Gasteiger partial charge in [0.1, 0.15) is 5.60 Å². The summed E-state index contributed by atoms with van der Waals surface area (Å²) in [6, 6.07) is 0. The lowest BCUT2D eigenvalue weighted by Gasteiger charge is -2.36. The zero-order valence-electron chi connectivity index (χ0n) is 10.1. The van der Waals surface area contributed by atoms with Gasteiger partial charge in [0.2, 0.25) is 0 Å². The Morgan fingerprint density at radius 2 is 1.94 bits per heavy atom. The Hall–Kier alpha value is -0.480. The molecule has 0 atom stereocenters. The fraction of sp³-hybridized carbons (Fsp3) is 0.909. The van der Waals surface area contributed by atoms with Crippen molar-refractivity contribution in [2.45, 2.75) is 44.8 Å². The maximum absolute atomic E-state index is 11.6. The van der Waals surface area contributed by atoms with Gasteiger partial charge in [-0.2, -0.15) is 0 Å². The van der Waals surface area contributed by atoms with E-state index in [0.29, 0.717) is 5.92 Å². The average molecular weight is 249 g/mol. The highest BCUT2D eigenvalue weighted by Gasteiger charge is 2.52. The van der Waals surface area contributed by atoms with Crippen LogP contribution >= 0.6 is 12.4 Å². The predicted molar refractivity (Wildman–Crippen MR) is 64.9 cm³/mol. The molecule has 5 heteroatoms. The molecule has 0 radical (unpaired) electrons. The lowest BCUT2D eigenvalue weighted by atomic mass is 9.91. The molecule has 0 bridgehead atoms. The molecule has 1 aliphatic carbocycles. The predicted octanol–water partition coefficient (Wildman–Crippen LogP) is 1.68. The lowest BCUT2D eigenvalue weighted by molar-refractivity contribution is 0.0459. The maximum Gasteiger partial charge on any atom is 0.408 e. The zero-order chi connectivity index (χ0) is 11.1. The molecule has 1 aliphatic heterocycles. The van der Waals surface area contributed by atoms with Gasteiger partial charge in [0.25, 0.3) is 0 Å². The van der Waals surface area contributed by atoms with Gasteiger partial charge in [-0.15, -0.1) is 12.4 Å². The van der Waals surface area contributed by atoms with Crippen LogP contribution in [0.25, 0.3) is 0 Å². The number of hydrogen-bond donors (Lipinski definition) is 2. The Morgan fingerprint density at radius 1 is 1.38 bits per heavy atom. The van der Waals surface area contributed by atoms with E-state index in [1.165, 1.54) is 0 Å². The number of ether oxygens (including phenoxy) is 1. The van der Waals surface area contributed by atoms with Crippen LogP contribution in [0, 0.1) is 5.92 Å². The number of alkyl carbamates (subject to hydrolysis) is 1. The van der Waals surface area contributed by atoms with Crippen molar-refractivity contribution in [3.8, 4) is 0 Å². The number of hydrogen-bond acceptors (Lipinski definition) is 3. The van der Waals surface area contributed by atoms with Gasteiger partial charge in [-0.3, -0.25) is 0 Å². The monoisotopic (exact) mass is 248 g/mol. The van der Waals surface area contributed by atoms with E-state index in [4.69, 9.17) is 4.74 Å². The van der Waals surface area contributed by atoms with Crippen LogP contribution in [-0.2, 0) is 4.74 Å². The maximum atomic E-state index is 11.6. The van der Waals surface area contributed by atoms with Crippen LogP contribution in [0.4, 0.5) is 4.79 Å². The van der Waals surface area contributed by atoms with Crippen molar-refractivity contribution < 1.29 is 9.53 Å². The van der Waals surface area contributed by atoms with E-state index in [2.05, 4.69) is 10.6 Å². The van der Waals surface area contributed by atoms with Crippen molar-refractivity contribution in [2.75, 3.05) is 13.1 Å². The molecule has 1 saturated heterocycles. The molecule has 0 unspecified atom stereocenters. The fourth-order valence-corrected chi connectivity index (χ4v) is 1.96. The Balaban J connectivity index is 0.00000128. The molecular weight excluding hydrogens is 228 g/mol. The average Bonchev–Trinajstić information content (AvgIpc) is 2.58. The van der Waals surface area contributed by atoms with Crippen molar-refractivity contribution >= 4 is 18.5 Å². The van der Waals surface area contributed by atoms with Gasteiger partial charge in [0.15, 0.2) is 0 Å². The van der Waals surface area contributed by atoms with Crippen LogP contribution in [0.5, 0.6) is 0 Å². The largest absolute Gasteiger partial charge is 0.444 e. The summed E-state index contributed by atoms with van der Waals surface area (Å²) >= 11 is 0. The molecule has 1 amide bonds. The third-order valence-corrected chi connectivity index (χ3v) is 3.10. The van der Waals surface area contributed by atoms with Crippen LogP contribution in [-0.4, -0.2) is 30.3 Å². The summed E-state index contributed by atoms with van der Waals surface area (Å²) < 4.78 is 5.26. The molecular formula is C11H21ClN2O2. The van der Waals surface area contributed by atoms with Gasteiger partial charge in [0.05, 0.1) is 0 Å². The zero-order valence-corrected chi connectivity index (χ0v) is 10.9. The summed E-state index contributed by atoms with van der Waals surface area (Å²) in [7, 11) is 0. The van der Waals surface area contributed by atoms with Gasteiger partial charge >= 0.3 is 6.09 Å². The standard InChI is InChI=1S/C11H20N2O2.ClH/c1-10(2,3)15-9(14)13-11(4-5-11)8-6-12-7-8;/h8,12H,4-7H2,1-3H3,(H,13,14);1H. The normalized spacial score (nSPS) is 22.7. The van der Waals surface area contributed by atoms with Crippen LogP contribution in [0.15, 0.2) is 0 Å². The van der Waals surface area contributed by atoms with Crippen LogP contribution in [0.1, 0.15) is 33.6 Å². The molecule has 0 aromatic heterocycles. The minimum absolute atomic E-state index is 0. The van der Waals surface area contributed by atoms with Crippen LogP contribution in [0.2, 0.25) is 0 Å². The van der Waals surface area contributed by atoms with Gasteiger partial charge in [0, 0.05) is 24.5 Å². The molecule has 16 heavy (non-hydrogen) atoms. The minimum atomic E-state index is -0.405. The Bertz CT molecular complexity index is 268. The van der Waals surface area contributed by atoms with Crippen LogP contribution < -0.4 is 10.6 Å². The molecule has 2 rings (SSSR count). The van der Waals surface area contributed by atoms with E-state index in [0.717, 1.165) is 25.9 Å². The van der Waals surface area contributed by atoms with Gasteiger partial charge in [-0.05, 0) is 33.6 Å². The van der Waals surface area contributed by atoms with E-state index in [9.17, 15) is 4.79 Å². The summed E-state index contributed by atoms with van der Waals surface area (Å²) in [6.45, 7) is 7.71. The second-order valence-corrected chi connectivity index (χ2v) is 5.64. The first-order chi connectivity index (χ1) is 6.91. The molecule has 2 N–H and O–H groups in total. The number of rotatable bonds is 2. The summed E-state index contributed by atoms with van der Waals surface area (Å²) in [4.78, 5) is 11.6. The van der Waals surface area contributed by atoms with E-state index in [-0.39, 0.29) is 24.0 Å². The van der Waals surface area contributed by atoms with Gasteiger partial charge in [-0.1, -0.05) is 0 Å². The van der Waals surface area contributed by atoms with E-state index in [1.54, 1.807) is 0 Å². The first-order valence-corrected chi connectivity index (χ1v) is 5.63. The van der Waals surface area contributed by atoms with Crippen LogP contribution in [0.3, 0.4) is 0 Å². The molecule has 4 nitrogen and oxygen atoms in total. The van der Waals surface area contributed by atoms with E-state index in [1.807, 2.05) is 20.8 Å². The molecule has 94 valence electrons. The second kappa shape index (κ2) is 4.41. The minimum Gasteiger partial charge on any atom is -0.444 e. The lowest BCUT2D eigenvalue weighted by Crippen LogP contribution is -2.56. The quantitative estimate of drug-likeness (QED) is 0.782. The Morgan fingerprint density at radius 3 is 2.25 bits per heavy atom. The van der Waals surface area contributed by atoms with Crippen molar-refractivity contribution in [1.82, 2.24) is 10.6 Å². The summed E-state index contributed by atoms with van der Waals surface area (Å²) in [5, 5.41) is 6.26. The van der Waals surface area contributed by atoms with E-state index >= 15 is 0 Å². The number of halogens is 1. The molecule has 2 fully saturated rings. The highest BCUT2D eigenvalue weighted by Crippen LogP contribution is 2.44. The van der Waals surface area contributed by atoms with Crippen molar-refractivity contribution in [3.63, 3.8) is 0 Å². The topological polar surface area (TPSA) is 50.4 Å². The van der Waals surface area contributed by atoms with Crippen molar-refractivity contribution in [1.29, 1.82) is 0 Å². The molecule has 0 spiro atoms. The summed E-state index contributed by atoms with van der Waals surface area (Å²) in [5.41, 5.74) is -0.356. The second-order valence-electron chi connectivity index (χ2n) is 5.64. The molecule has 1 saturated carbocycles. The third-order valence-electron chi connectivity index (χ3n) is 3.10. The molecule has 0 aromatic carbocycles. The highest BCUT2D eigenvalue weighted by atomic mass is 35.5. The first kappa shape index (κ1) is 13.6. The van der Waals surface area contributed by atoms with E-state index < -0.39 is 5.60 Å². The van der Waals surface area contributed by atoms with Crippen molar-refractivity contribution in [3.05, 3.63) is 0 Å². The Labute approximate surface area is 103 Å². The highest BCUT2D eigenvalue weighted by molar-refractivity contribution is 5.85. The van der Waals surface area contributed by atoms with Gasteiger partial charge in [-0.25, -0.2) is 4.79 Å². The number of nitrogens with one attached hydrogen (secondary N) is 2. The first-order valence-electron chi connectivity index (χ1n) is 5.63. The Kier molecular flexibility index (Phi) is 3.75. The number of carbonyl (C=O) groups is 1. The van der Waals surface area contributed by atoms with Gasteiger partial charge < -0.3 is 15.4 Å². The SMILES string of the molecule is CC(C)(C)OC(=O)NC1(C2CNC2)CC1.Cl.